The summed E-state index contributed by atoms with van der Waals surface area (Å²) < 4.78 is 5.92. The third-order valence-electron chi connectivity index (χ3n) is 11.6. The Morgan fingerprint density at radius 1 is 0.500 bits per heavy atom. The number of carbonyl (C=O) groups is 2. The summed E-state index contributed by atoms with van der Waals surface area (Å²) >= 11 is 0. The first-order valence-corrected chi connectivity index (χ1v) is 24.9. The summed E-state index contributed by atoms with van der Waals surface area (Å²) in [6.07, 6.45) is 48.4. The minimum atomic E-state index is -0.782. The number of hydrogen-bond acceptors (Lipinski definition) is 5. The number of hydrogen-bond donors (Lipinski definition) is 3. The normalized spacial score (nSPS) is 13.3. The molecule has 0 aliphatic carbocycles. The van der Waals surface area contributed by atoms with Gasteiger partial charge >= 0.3 is 5.97 Å². The van der Waals surface area contributed by atoms with E-state index in [1.54, 1.807) is 0 Å². The van der Waals surface area contributed by atoms with E-state index in [0.717, 1.165) is 51.4 Å². The van der Waals surface area contributed by atoms with Gasteiger partial charge in [-0.25, -0.2) is 0 Å². The second-order valence-corrected chi connectivity index (χ2v) is 17.2. The van der Waals surface area contributed by atoms with Crippen LogP contribution in [0, 0.1) is 0 Å². The van der Waals surface area contributed by atoms with Crippen LogP contribution in [0.2, 0.25) is 0 Å². The summed E-state index contributed by atoms with van der Waals surface area (Å²) in [5.74, 6) is -0.470. The third kappa shape index (κ3) is 39.4. The highest BCUT2D eigenvalue weighted by atomic mass is 16.5. The number of unbranched alkanes of at least 4 members (excludes halogenated alkanes) is 31. The molecule has 6 heteroatoms. The second-order valence-electron chi connectivity index (χ2n) is 17.2. The molecule has 0 aliphatic rings. The van der Waals surface area contributed by atoms with Crippen molar-refractivity contribution in [3.63, 3.8) is 0 Å². The van der Waals surface area contributed by atoms with E-state index < -0.39 is 18.2 Å². The van der Waals surface area contributed by atoms with E-state index in [2.05, 4.69) is 38.2 Å². The Kier molecular flexibility index (Phi) is 43.6. The van der Waals surface area contributed by atoms with Crippen molar-refractivity contribution in [2.24, 2.45) is 0 Å². The highest BCUT2D eigenvalue weighted by Gasteiger charge is 2.24. The molecule has 0 bridgehead atoms. The summed E-state index contributed by atoms with van der Waals surface area (Å²) in [7, 11) is 0. The lowest BCUT2D eigenvalue weighted by molar-refractivity contribution is -0.151. The zero-order valence-corrected chi connectivity index (χ0v) is 37.8. The van der Waals surface area contributed by atoms with Gasteiger partial charge in [-0.2, -0.15) is 0 Å². The van der Waals surface area contributed by atoms with Gasteiger partial charge in [-0.1, -0.05) is 219 Å². The highest BCUT2D eigenvalue weighted by molar-refractivity contribution is 5.77. The molecule has 1 amide bonds. The molecule has 0 heterocycles. The molecule has 0 spiro atoms. The minimum absolute atomic E-state index is 0.0811. The van der Waals surface area contributed by atoms with Gasteiger partial charge in [0.1, 0.15) is 6.10 Å². The van der Waals surface area contributed by atoms with Crippen molar-refractivity contribution in [1.29, 1.82) is 0 Å². The fourth-order valence-corrected chi connectivity index (χ4v) is 7.78. The molecule has 0 fully saturated rings. The van der Waals surface area contributed by atoms with Crippen LogP contribution in [0.3, 0.4) is 0 Å². The first-order valence-electron chi connectivity index (χ1n) is 24.9. The Labute approximate surface area is 349 Å². The van der Waals surface area contributed by atoms with Crippen LogP contribution in [0.15, 0.2) is 12.2 Å². The Morgan fingerprint density at radius 2 is 0.857 bits per heavy atom. The second kappa shape index (κ2) is 44.7. The van der Waals surface area contributed by atoms with Gasteiger partial charge in [-0.15, -0.1) is 0 Å². The number of carbonyl (C=O) groups excluding carboxylic acids is 2. The van der Waals surface area contributed by atoms with Gasteiger partial charge < -0.3 is 20.3 Å². The van der Waals surface area contributed by atoms with E-state index in [1.807, 2.05) is 0 Å². The van der Waals surface area contributed by atoms with E-state index in [4.69, 9.17) is 4.74 Å². The fourth-order valence-electron chi connectivity index (χ4n) is 7.78. The van der Waals surface area contributed by atoms with Crippen molar-refractivity contribution in [1.82, 2.24) is 5.32 Å². The zero-order valence-electron chi connectivity index (χ0n) is 37.8. The summed E-state index contributed by atoms with van der Waals surface area (Å²) in [6, 6.07) is -0.695. The van der Waals surface area contributed by atoms with Crippen molar-refractivity contribution < 1.29 is 24.5 Å². The largest absolute Gasteiger partial charge is 0.462 e. The molecule has 0 saturated heterocycles. The Hall–Kier alpha value is -1.40. The number of esters is 1. The van der Waals surface area contributed by atoms with Crippen molar-refractivity contribution in [2.75, 3.05) is 6.61 Å². The lowest BCUT2D eigenvalue weighted by Gasteiger charge is -2.24. The number of rotatable bonds is 45. The van der Waals surface area contributed by atoms with Crippen molar-refractivity contribution in [2.45, 2.75) is 289 Å². The van der Waals surface area contributed by atoms with Gasteiger partial charge in [0.25, 0.3) is 0 Å². The van der Waals surface area contributed by atoms with Gasteiger partial charge in [-0.3, -0.25) is 9.59 Å². The summed E-state index contributed by atoms with van der Waals surface area (Å²) in [4.78, 5) is 26.0. The monoisotopic (exact) mass is 792 g/mol. The third-order valence-corrected chi connectivity index (χ3v) is 11.6. The molecule has 3 N–H and O–H groups in total. The summed E-state index contributed by atoms with van der Waals surface area (Å²) in [5, 5.41) is 23.7. The molecule has 0 aromatic carbocycles. The first kappa shape index (κ1) is 54.6. The average molecular weight is 792 g/mol. The van der Waals surface area contributed by atoms with Crippen LogP contribution >= 0.6 is 0 Å². The maximum atomic E-state index is 13.2. The SMILES string of the molecule is CCCCC/C=C\CCCCCCCC(=O)OC(CCCCCCCCCCCCCCC)CC(=O)NC(CO)C(O)CCCCCCCCCCCCCC. The highest BCUT2D eigenvalue weighted by Crippen LogP contribution is 2.18. The molecular formula is C50H97NO5. The average Bonchev–Trinajstić information content (AvgIpc) is 3.19. The van der Waals surface area contributed by atoms with E-state index in [9.17, 15) is 19.8 Å². The molecule has 3 unspecified atom stereocenters. The fraction of sp³-hybridized carbons (Fsp3) is 0.920. The van der Waals surface area contributed by atoms with Crippen LogP contribution in [0.5, 0.6) is 0 Å². The Bertz CT molecular complexity index is 847. The predicted molar refractivity (Wildman–Crippen MR) is 241 cm³/mol. The minimum Gasteiger partial charge on any atom is -0.462 e. The van der Waals surface area contributed by atoms with Crippen LogP contribution < -0.4 is 5.32 Å². The van der Waals surface area contributed by atoms with Gasteiger partial charge in [0.2, 0.25) is 5.91 Å². The molecule has 0 aliphatic heterocycles. The van der Waals surface area contributed by atoms with Crippen LogP contribution in [-0.2, 0) is 14.3 Å². The molecule has 0 aromatic rings. The standard InChI is InChI=1S/C50H97NO5/c1-4-7-10-13-16-19-22-25-26-29-32-35-38-41-46(56-50(55)43-40-37-34-31-28-24-21-18-15-12-9-6-3)44-49(54)51-47(45-52)48(53)42-39-36-33-30-27-23-20-17-14-11-8-5-2/h18,21,46-48,52-53H,4-17,19-20,22-45H2,1-3H3,(H,51,54)/b21-18-. The molecule has 0 aromatic heterocycles. The number of allylic oxidation sites excluding steroid dienone is 2. The topological polar surface area (TPSA) is 95.9 Å². The number of aliphatic hydroxyl groups is 2. The van der Waals surface area contributed by atoms with Crippen molar-refractivity contribution >= 4 is 11.9 Å². The van der Waals surface area contributed by atoms with Crippen LogP contribution in [0.1, 0.15) is 271 Å². The van der Waals surface area contributed by atoms with Crippen LogP contribution in [-0.4, -0.2) is 46.9 Å². The lowest BCUT2D eigenvalue weighted by atomic mass is 10.0. The quantitative estimate of drug-likeness (QED) is 0.0324. The molecule has 0 rings (SSSR count). The molecular weight excluding hydrogens is 695 g/mol. The zero-order chi connectivity index (χ0) is 41.0. The van der Waals surface area contributed by atoms with Gasteiger partial charge in [0.15, 0.2) is 0 Å². The first-order chi connectivity index (χ1) is 27.5. The summed E-state index contributed by atoms with van der Waals surface area (Å²) in [6.45, 7) is 6.47. The molecule has 0 radical (unpaired) electrons. The van der Waals surface area contributed by atoms with E-state index in [0.29, 0.717) is 19.3 Å². The predicted octanol–water partition coefficient (Wildman–Crippen LogP) is 14.6. The molecule has 332 valence electrons. The molecule has 0 saturated carbocycles. The van der Waals surface area contributed by atoms with Crippen LogP contribution in [0.4, 0.5) is 0 Å². The van der Waals surface area contributed by atoms with E-state index >= 15 is 0 Å². The van der Waals surface area contributed by atoms with Crippen molar-refractivity contribution in [3.8, 4) is 0 Å². The number of ether oxygens (including phenoxy) is 1. The van der Waals surface area contributed by atoms with Crippen molar-refractivity contribution in [3.05, 3.63) is 12.2 Å². The lowest BCUT2D eigenvalue weighted by Crippen LogP contribution is -2.46. The maximum absolute atomic E-state index is 13.2. The van der Waals surface area contributed by atoms with Gasteiger partial charge in [0, 0.05) is 6.42 Å². The van der Waals surface area contributed by atoms with Gasteiger partial charge in [0.05, 0.1) is 25.2 Å². The van der Waals surface area contributed by atoms with Crippen LogP contribution in [0.25, 0.3) is 0 Å². The smallest absolute Gasteiger partial charge is 0.306 e. The number of nitrogens with one attached hydrogen (secondary N) is 1. The molecule has 56 heavy (non-hydrogen) atoms. The number of amides is 1. The van der Waals surface area contributed by atoms with Gasteiger partial charge in [-0.05, 0) is 51.4 Å². The Balaban J connectivity index is 4.55. The number of aliphatic hydroxyl groups excluding tert-OH is 2. The molecule has 6 nitrogen and oxygen atoms in total. The Morgan fingerprint density at radius 3 is 1.30 bits per heavy atom. The molecule has 3 atom stereocenters. The van der Waals surface area contributed by atoms with E-state index in [-0.39, 0.29) is 24.9 Å². The summed E-state index contributed by atoms with van der Waals surface area (Å²) in [5.41, 5.74) is 0. The van der Waals surface area contributed by atoms with E-state index in [1.165, 1.54) is 173 Å². The maximum Gasteiger partial charge on any atom is 0.306 e.